The number of terminal acetylenes is 1. The number of aliphatic carboxylic acids is 1. The van der Waals surface area contributed by atoms with Crippen molar-refractivity contribution >= 4 is 11.9 Å². The van der Waals surface area contributed by atoms with Crippen LogP contribution in [0.1, 0.15) is 173 Å². The summed E-state index contributed by atoms with van der Waals surface area (Å²) in [6.07, 6.45) is 60.6. The quantitative estimate of drug-likeness (QED) is 0.0313. The number of unbranched alkanes of at least 4 members (excludes halogenated alkanes) is 2. The standard InChI is InChI=1S/C32H48O7.C20H30O2.C12H20O6.C2H2/c1-6-7-8-9-10-11-12-13-14-15-16-17-18-19-20-21-22-23-27(33)34-25-32-29(38-31(4,5)39-32)28-26(24-35-32)36-30(2,3)37-28;1-2-3-4-5-6-7-8-9-10-11-12-13-14-15-16-17-18-19-20(21)22;1-10(2)15-7-5-14-12(6-13)9(8(7)16-10)17-11(3,4)18-12;1-2/h7-8,10-11,13-14,16-17,19-20,26,28-29H,6,9,12,15,18,21-25H2,1-5H3;3-4,6-7,9-10,12-13,15-16H,2,5,8,11,14,17-19H2,1H3,(H,21,22);7-9,13H,5-6H2,1-4H3;1-2H/b8-7-,11-10-,14-13-,17-16-,20-19-;4-3-,7-6-,10-9-,13-12-,16-15-;;/t26-,28-,29+,32+;;7-,8-,9+,12+;/m1.1./s1/i;;;1D. The number of esters is 1. The van der Waals surface area contributed by atoms with E-state index >= 15 is 0 Å². The lowest BCUT2D eigenvalue weighted by Crippen LogP contribution is -2.60. The smallest absolute Gasteiger partial charge is 0.305 e. The van der Waals surface area contributed by atoms with Crippen LogP contribution in [0.4, 0.5) is 0 Å². The molecule has 6 fully saturated rings. The van der Waals surface area contributed by atoms with Crippen LogP contribution in [0.5, 0.6) is 0 Å². The second-order valence-corrected chi connectivity index (χ2v) is 22.0. The van der Waals surface area contributed by atoms with Gasteiger partial charge in [0.05, 0.1) is 13.2 Å². The normalized spacial score (nSPS) is 28.8. The van der Waals surface area contributed by atoms with Crippen molar-refractivity contribution in [3.63, 3.8) is 0 Å². The van der Waals surface area contributed by atoms with E-state index in [1.165, 1.54) is 6.40 Å². The Morgan fingerprint density at radius 1 is 0.506 bits per heavy atom. The van der Waals surface area contributed by atoms with Crippen LogP contribution in [-0.4, -0.2) is 120 Å². The molecule has 2 N–H and O–H groups in total. The molecule has 0 spiro atoms. The SMILES string of the molecule is CC/C=C\C/C=C\C/C=C\C/C=C\C/C=C\CCCC(=O)O.CC/C=C\C/C=C\C/C=C\C/C=C\C/C=C\CCCC(=O)OC[C@@]12OC[C@H]3OC(C)(C)O[C@H]3[C@@H]1OC(C)(C)O2.CC1(C)O[C@@H]2[C@@H](CO[C@@]3(CO)OC(C)(C)O[C@@H]23)O1.[2H]C#C. The molecule has 81 heavy (non-hydrogen) atoms. The number of aliphatic hydroxyl groups is 1. The van der Waals surface area contributed by atoms with Gasteiger partial charge in [0.2, 0.25) is 11.6 Å². The maximum Gasteiger partial charge on any atom is 0.305 e. The number of allylic oxidation sites excluding steroid dienone is 20. The summed E-state index contributed by atoms with van der Waals surface area (Å²) in [6, 6.07) is 0. The molecule has 0 saturated carbocycles. The van der Waals surface area contributed by atoms with Gasteiger partial charge < -0.3 is 62.3 Å². The third-order valence-electron chi connectivity index (χ3n) is 13.0. The Labute approximate surface area is 487 Å². The Morgan fingerprint density at radius 2 is 0.840 bits per heavy atom. The highest BCUT2D eigenvalue weighted by molar-refractivity contribution is 5.69. The molecule has 0 amide bonds. The van der Waals surface area contributed by atoms with E-state index in [0.29, 0.717) is 13.0 Å². The first-order chi connectivity index (χ1) is 39.1. The number of hydrogen-bond donors (Lipinski definition) is 2. The Kier molecular flexibility index (Phi) is 31.4. The summed E-state index contributed by atoms with van der Waals surface area (Å²) in [5.41, 5.74) is 0. The van der Waals surface area contributed by atoms with Gasteiger partial charge in [0.15, 0.2) is 23.1 Å². The molecule has 0 radical (unpaired) electrons. The lowest BCUT2D eigenvalue weighted by Gasteiger charge is -2.40. The highest BCUT2D eigenvalue weighted by Gasteiger charge is 2.67. The van der Waals surface area contributed by atoms with Gasteiger partial charge in [-0.05, 0) is 145 Å². The molecule has 15 nitrogen and oxygen atoms in total. The Bertz CT molecular complexity index is 2210. The van der Waals surface area contributed by atoms with Crippen LogP contribution in [0.25, 0.3) is 0 Å². The van der Waals surface area contributed by atoms with Crippen LogP contribution >= 0.6 is 0 Å². The van der Waals surface area contributed by atoms with Gasteiger partial charge in [-0.2, -0.15) is 0 Å². The average Bonchev–Trinajstić information content (AvgIpc) is 2.98. The number of aliphatic hydroxyl groups excluding tert-OH is 1. The molecule has 0 aliphatic carbocycles. The van der Waals surface area contributed by atoms with Crippen LogP contribution in [0.3, 0.4) is 0 Å². The molecule has 6 heterocycles. The van der Waals surface area contributed by atoms with E-state index in [2.05, 4.69) is 142 Å². The molecule has 6 aliphatic heterocycles. The van der Waals surface area contributed by atoms with Gasteiger partial charge in [-0.3, -0.25) is 9.59 Å². The summed E-state index contributed by atoms with van der Waals surface area (Å²) in [7, 11) is 0. The van der Waals surface area contributed by atoms with Gasteiger partial charge >= 0.3 is 11.9 Å². The van der Waals surface area contributed by atoms with Gasteiger partial charge in [0.25, 0.3) is 0 Å². The van der Waals surface area contributed by atoms with E-state index in [9.17, 15) is 14.7 Å². The van der Waals surface area contributed by atoms with Crippen LogP contribution < -0.4 is 0 Å². The van der Waals surface area contributed by atoms with E-state index in [-0.39, 0.29) is 56.6 Å². The molecule has 8 atom stereocenters. The summed E-state index contributed by atoms with van der Waals surface area (Å²) in [4.78, 5) is 22.8. The van der Waals surface area contributed by atoms with Crippen LogP contribution in [-0.2, 0) is 61.7 Å². The zero-order valence-corrected chi connectivity index (χ0v) is 50.4. The van der Waals surface area contributed by atoms with Crippen molar-refractivity contribution in [2.24, 2.45) is 0 Å². The fourth-order valence-corrected chi connectivity index (χ4v) is 9.64. The predicted octanol–water partition coefficient (Wildman–Crippen LogP) is 13.5. The molecule has 6 aliphatic rings. The van der Waals surface area contributed by atoms with Crippen molar-refractivity contribution in [2.45, 2.75) is 243 Å². The van der Waals surface area contributed by atoms with Crippen molar-refractivity contribution in [3.8, 4) is 12.8 Å². The Hall–Kier alpha value is -4.54. The molecule has 454 valence electrons. The fraction of sp³-hybridized carbons (Fsp3) is 0.636. The summed E-state index contributed by atoms with van der Waals surface area (Å²) >= 11 is 0. The molecule has 0 aromatic rings. The number of carboxylic acid groups (broad SMARTS) is 1. The van der Waals surface area contributed by atoms with Crippen molar-refractivity contribution in [1.82, 2.24) is 0 Å². The fourth-order valence-electron chi connectivity index (χ4n) is 9.64. The second kappa shape index (κ2) is 36.9. The monoisotopic (exact) mass is 1130 g/mol. The number of carbonyl (C=O) groups excluding carboxylic acids is 1. The van der Waals surface area contributed by atoms with Crippen molar-refractivity contribution < 1.29 is 73.3 Å². The molecule has 6 saturated heterocycles. The van der Waals surface area contributed by atoms with E-state index in [1.54, 1.807) is 13.8 Å². The molecular formula is C66H100O15. The number of hydrogen-bond acceptors (Lipinski definition) is 14. The molecule has 6 rings (SSSR count). The number of rotatable bonds is 29. The van der Waals surface area contributed by atoms with Crippen molar-refractivity contribution in [1.29, 1.82) is 0 Å². The summed E-state index contributed by atoms with van der Waals surface area (Å²) in [5.74, 6) is -6.43. The number of ether oxygens (including phenoxy) is 11. The maximum atomic E-state index is 12.4. The molecule has 15 heteroatoms. The van der Waals surface area contributed by atoms with Crippen molar-refractivity contribution in [3.05, 3.63) is 122 Å². The van der Waals surface area contributed by atoms with Gasteiger partial charge in [-0.1, -0.05) is 135 Å². The first-order valence-electron chi connectivity index (χ1n) is 29.7. The molecule has 0 unspecified atom stereocenters. The zero-order chi connectivity index (χ0) is 60.4. The highest BCUT2D eigenvalue weighted by Crippen LogP contribution is 2.49. The molecule has 0 aromatic carbocycles. The van der Waals surface area contributed by atoms with Gasteiger partial charge in [-0.15, -0.1) is 12.8 Å². The number of carbonyl (C=O) groups is 2. The average molecular weight is 1130 g/mol. The minimum Gasteiger partial charge on any atom is -0.481 e. The third kappa shape index (κ3) is 26.3. The lowest BCUT2D eigenvalue weighted by atomic mass is 9.97. The van der Waals surface area contributed by atoms with E-state index in [4.69, 9.17) is 58.6 Å². The Balaban J connectivity index is 0.000000345. The minimum atomic E-state index is -1.20. The van der Waals surface area contributed by atoms with Gasteiger partial charge in [-0.25, -0.2) is 0 Å². The Morgan fingerprint density at radius 3 is 1.21 bits per heavy atom. The summed E-state index contributed by atoms with van der Waals surface area (Å²) < 4.78 is 70.5. The largest absolute Gasteiger partial charge is 0.481 e. The topological polar surface area (TPSA) is 176 Å². The number of fused-ring (bicyclic) bond motifs is 6. The second-order valence-electron chi connectivity index (χ2n) is 22.0. The maximum absolute atomic E-state index is 12.4. The van der Waals surface area contributed by atoms with Crippen LogP contribution in [0, 0.1) is 12.8 Å². The lowest BCUT2D eigenvalue weighted by molar-refractivity contribution is -0.296. The molecular weight excluding hydrogens is 1030 g/mol. The summed E-state index contributed by atoms with van der Waals surface area (Å²) in [6.45, 7) is 19.2. The minimum absolute atomic E-state index is 0.0470. The van der Waals surface area contributed by atoms with Crippen molar-refractivity contribution in [2.75, 3.05) is 26.4 Å². The predicted molar refractivity (Wildman–Crippen MR) is 317 cm³/mol. The van der Waals surface area contributed by atoms with E-state index in [0.717, 1.165) is 89.9 Å². The van der Waals surface area contributed by atoms with E-state index in [1.807, 2.05) is 41.5 Å². The van der Waals surface area contributed by atoms with Crippen LogP contribution in [0.2, 0.25) is 0 Å². The zero-order valence-electron chi connectivity index (χ0n) is 51.4. The van der Waals surface area contributed by atoms with E-state index < -0.39 is 52.9 Å². The molecule has 0 aromatic heterocycles. The number of carboxylic acids is 1. The van der Waals surface area contributed by atoms with Gasteiger partial charge in [0, 0.05) is 12.8 Å². The first-order valence-corrected chi connectivity index (χ1v) is 29.2. The van der Waals surface area contributed by atoms with Gasteiger partial charge in [0.1, 0.15) is 51.2 Å². The molecule has 0 bridgehead atoms. The highest BCUT2D eigenvalue weighted by atomic mass is 16.9. The summed E-state index contributed by atoms with van der Waals surface area (Å²) in [5, 5.41) is 18.1. The van der Waals surface area contributed by atoms with Crippen LogP contribution in [0.15, 0.2) is 122 Å². The third-order valence-corrected chi connectivity index (χ3v) is 13.0. The first kappa shape index (κ1) is 69.0.